The van der Waals surface area contributed by atoms with E-state index < -0.39 is 29.8 Å². The lowest BCUT2D eigenvalue weighted by atomic mass is 9.53. The molecule has 0 radical (unpaired) electrons. The van der Waals surface area contributed by atoms with E-state index in [-0.39, 0.29) is 58.0 Å². The number of aliphatic hydroxyl groups is 1. The van der Waals surface area contributed by atoms with Crippen molar-refractivity contribution in [2.24, 2.45) is 11.1 Å². The van der Waals surface area contributed by atoms with E-state index in [9.17, 15) is 27.9 Å². The molecule has 222 valence electrons. The normalized spacial score (nSPS) is 21.9. The molecule has 11 nitrogen and oxygen atoms in total. The smallest absolute Gasteiger partial charge is 0.333 e. The van der Waals surface area contributed by atoms with Gasteiger partial charge in [0.1, 0.15) is 29.8 Å². The summed E-state index contributed by atoms with van der Waals surface area (Å²) in [5, 5.41) is 21.1. The first-order valence-electron chi connectivity index (χ1n) is 13.4. The maximum Gasteiger partial charge on any atom is 0.333 e. The van der Waals surface area contributed by atoms with Crippen LogP contribution in [0.2, 0.25) is 0 Å². The first-order chi connectivity index (χ1) is 19.8. The molecule has 3 aromatic heterocycles. The second kappa shape index (κ2) is 9.89. The number of ether oxygens (including phenoxy) is 2. The van der Waals surface area contributed by atoms with Gasteiger partial charge < -0.3 is 25.6 Å². The third-order valence-electron chi connectivity index (χ3n) is 7.77. The Morgan fingerprint density at radius 2 is 1.90 bits per heavy atom. The van der Waals surface area contributed by atoms with Gasteiger partial charge in [0.25, 0.3) is 11.8 Å². The molecular formula is C28H29F3N6O5. The Morgan fingerprint density at radius 3 is 2.57 bits per heavy atom. The number of carbonyl (C=O) groups is 2. The molecule has 4 aromatic rings. The number of benzene rings is 1. The van der Waals surface area contributed by atoms with Crippen LogP contribution in [0.5, 0.6) is 11.6 Å². The quantitative estimate of drug-likeness (QED) is 0.272. The lowest BCUT2D eigenvalue weighted by molar-refractivity contribution is -0.0848. The fourth-order valence-electron chi connectivity index (χ4n) is 5.92. The monoisotopic (exact) mass is 586 g/mol. The number of nitrogens with two attached hydrogens (primary N) is 1. The van der Waals surface area contributed by atoms with Crippen LogP contribution in [0, 0.1) is 11.2 Å². The number of rotatable bonds is 9. The van der Waals surface area contributed by atoms with Crippen molar-refractivity contribution in [3.8, 4) is 11.6 Å². The zero-order chi connectivity index (χ0) is 30.0. The predicted molar refractivity (Wildman–Crippen MR) is 143 cm³/mol. The van der Waals surface area contributed by atoms with Crippen LogP contribution in [0.1, 0.15) is 66.9 Å². The van der Waals surface area contributed by atoms with Crippen molar-refractivity contribution in [3.63, 3.8) is 0 Å². The van der Waals surface area contributed by atoms with Gasteiger partial charge in [-0.1, -0.05) is 0 Å². The number of hydrogen-bond acceptors (Lipinski definition) is 7. The SMILES string of the molecule is CC(C)(O)COc1ccc2c(C(=O)NC3CC4(C3)CC(Oc3nn5cc(F)ccc5c3C(N)=O)C4)nn(C(F)F)c2c1. The number of fused-ring (bicyclic) bond motifs is 2. The third kappa shape index (κ3) is 5.10. The van der Waals surface area contributed by atoms with Crippen LogP contribution in [-0.2, 0) is 0 Å². The van der Waals surface area contributed by atoms with E-state index in [1.54, 1.807) is 19.9 Å². The minimum atomic E-state index is -2.97. The van der Waals surface area contributed by atoms with Crippen LogP contribution in [0.15, 0.2) is 36.5 Å². The summed E-state index contributed by atoms with van der Waals surface area (Å²) < 4.78 is 54.3. The minimum absolute atomic E-state index is 0.0393. The molecule has 6 rings (SSSR count). The molecule has 0 atom stereocenters. The predicted octanol–water partition coefficient (Wildman–Crippen LogP) is 3.59. The molecule has 1 spiro atoms. The highest BCUT2D eigenvalue weighted by molar-refractivity contribution is 6.05. The Balaban J connectivity index is 1.08. The van der Waals surface area contributed by atoms with Gasteiger partial charge in [-0.15, -0.1) is 5.10 Å². The number of hydrogen-bond donors (Lipinski definition) is 3. The number of aromatic nitrogens is 4. The minimum Gasteiger partial charge on any atom is -0.491 e. The summed E-state index contributed by atoms with van der Waals surface area (Å²) in [6, 6.07) is 6.86. The van der Waals surface area contributed by atoms with Crippen LogP contribution in [-0.4, -0.2) is 60.7 Å². The van der Waals surface area contributed by atoms with E-state index >= 15 is 0 Å². The fourth-order valence-corrected chi connectivity index (χ4v) is 5.92. The van der Waals surface area contributed by atoms with Gasteiger partial charge in [-0.05, 0) is 69.2 Å². The number of halogens is 3. The highest BCUT2D eigenvalue weighted by Gasteiger charge is 2.54. The van der Waals surface area contributed by atoms with Gasteiger partial charge in [-0.2, -0.15) is 13.9 Å². The standard InChI is InChI=1S/C28H29F3N6O5/c1-27(2,40)13-41-16-4-5-18-20(7-16)37(26(30)31)34-22(18)24(39)33-15-8-28(9-15)10-17(11-28)42-25-21(23(32)38)19-6-3-14(29)12-36(19)35-25/h3-7,12,15,17,26,40H,8-11,13H2,1-2H3,(H2,32,38)(H,33,39). The first kappa shape index (κ1) is 27.8. The van der Waals surface area contributed by atoms with Gasteiger partial charge >= 0.3 is 6.55 Å². The lowest BCUT2D eigenvalue weighted by Gasteiger charge is -2.57. The van der Waals surface area contributed by atoms with E-state index in [4.69, 9.17) is 15.2 Å². The molecule has 0 aliphatic heterocycles. The Bertz CT molecular complexity index is 1700. The number of amides is 2. The van der Waals surface area contributed by atoms with Gasteiger partial charge in [0.05, 0.1) is 22.8 Å². The van der Waals surface area contributed by atoms with Crippen molar-refractivity contribution in [2.45, 2.75) is 63.8 Å². The summed E-state index contributed by atoms with van der Waals surface area (Å²) in [5.41, 5.74) is 4.71. The van der Waals surface area contributed by atoms with Crippen molar-refractivity contribution < 1.29 is 37.3 Å². The summed E-state index contributed by atoms with van der Waals surface area (Å²) in [7, 11) is 0. The van der Waals surface area contributed by atoms with Crippen LogP contribution in [0.4, 0.5) is 13.2 Å². The number of carbonyl (C=O) groups excluding carboxylic acids is 2. The third-order valence-corrected chi connectivity index (χ3v) is 7.77. The molecule has 14 heteroatoms. The molecule has 0 saturated heterocycles. The molecule has 4 N–H and O–H groups in total. The van der Waals surface area contributed by atoms with E-state index in [1.165, 1.54) is 28.8 Å². The van der Waals surface area contributed by atoms with Crippen molar-refractivity contribution in [3.05, 3.63) is 53.6 Å². The van der Waals surface area contributed by atoms with Gasteiger partial charge in [-0.25, -0.2) is 13.6 Å². The van der Waals surface area contributed by atoms with Crippen LogP contribution >= 0.6 is 0 Å². The average Bonchev–Trinajstić information content (AvgIpc) is 3.42. The Kier molecular flexibility index (Phi) is 6.55. The second-order valence-electron chi connectivity index (χ2n) is 11.8. The molecule has 42 heavy (non-hydrogen) atoms. The van der Waals surface area contributed by atoms with E-state index in [1.807, 2.05) is 0 Å². The molecule has 2 aliphatic rings. The van der Waals surface area contributed by atoms with Gasteiger partial charge in [0.15, 0.2) is 5.69 Å². The fraction of sp³-hybridized carbons (Fsp3) is 0.429. The molecular weight excluding hydrogens is 557 g/mol. The number of nitrogens with one attached hydrogen (secondary N) is 1. The van der Waals surface area contributed by atoms with E-state index in [2.05, 4.69) is 15.5 Å². The molecule has 2 aliphatic carbocycles. The molecule has 1 aromatic carbocycles. The Morgan fingerprint density at radius 1 is 1.17 bits per heavy atom. The first-order valence-corrected chi connectivity index (χ1v) is 13.4. The van der Waals surface area contributed by atoms with Gasteiger partial charge in [-0.3, -0.25) is 9.59 Å². The zero-order valence-corrected chi connectivity index (χ0v) is 22.8. The highest BCUT2D eigenvalue weighted by atomic mass is 19.3. The van der Waals surface area contributed by atoms with Crippen LogP contribution in [0.3, 0.4) is 0 Å². The maximum atomic E-state index is 13.7. The summed E-state index contributed by atoms with van der Waals surface area (Å²) in [4.78, 5) is 25.1. The molecule has 0 unspecified atom stereocenters. The molecule has 2 amide bonds. The topological polar surface area (TPSA) is 146 Å². The number of primary amides is 1. The van der Waals surface area contributed by atoms with Crippen LogP contribution < -0.4 is 20.5 Å². The zero-order valence-electron chi connectivity index (χ0n) is 22.8. The number of pyridine rings is 1. The highest BCUT2D eigenvalue weighted by Crippen LogP contribution is 2.57. The van der Waals surface area contributed by atoms with Crippen molar-refractivity contribution in [2.75, 3.05) is 6.61 Å². The van der Waals surface area contributed by atoms with Crippen LogP contribution in [0.25, 0.3) is 16.4 Å². The summed E-state index contributed by atoms with van der Waals surface area (Å²) in [6.07, 6.45) is 3.56. The van der Waals surface area contributed by atoms with Crippen molar-refractivity contribution in [1.82, 2.24) is 24.7 Å². The molecule has 2 fully saturated rings. The molecule has 0 bridgehead atoms. The largest absolute Gasteiger partial charge is 0.491 e. The van der Waals surface area contributed by atoms with Crippen molar-refractivity contribution in [1.29, 1.82) is 0 Å². The summed E-state index contributed by atoms with van der Waals surface area (Å²) in [6.45, 7) is 0.0982. The number of nitrogens with zero attached hydrogens (tertiary/aromatic N) is 4. The van der Waals surface area contributed by atoms with E-state index in [0.717, 1.165) is 6.20 Å². The average molecular weight is 587 g/mol. The Hall–Kier alpha value is -4.33. The van der Waals surface area contributed by atoms with Gasteiger partial charge in [0, 0.05) is 17.5 Å². The molecule has 3 heterocycles. The van der Waals surface area contributed by atoms with Gasteiger partial charge in [0.2, 0.25) is 5.88 Å². The second-order valence-corrected chi connectivity index (χ2v) is 11.8. The summed E-state index contributed by atoms with van der Waals surface area (Å²) in [5.74, 6) is -1.49. The van der Waals surface area contributed by atoms with Crippen molar-refractivity contribution >= 4 is 28.2 Å². The lowest BCUT2D eigenvalue weighted by Crippen LogP contribution is -2.58. The Labute approximate surface area is 237 Å². The maximum absolute atomic E-state index is 13.7. The van der Waals surface area contributed by atoms with E-state index in [0.29, 0.717) is 35.9 Å². The summed E-state index contributed by atoms with van der Waals surface area (Å²) >= 11 is 0. The molecule has 2 saturated carbocycles. The number of alkyl halides is 2.